The summed E-state index contributed by atoms with van der Waals surface area (Å²) in [6.07, 6.45) is 0. The average Bonchev–Trinajstić information content (AvgIpc) is 2.03. The van der Waals surface area contributed by atoms with Crippen LogP contribution in [-0.2, 0) is 4.84 Å². The highest BCUT2D eigenvalue weighted by molar-refractivity contribution is 5.89. The van der Waals surface area contributed by atoms with Crippen LogP contribution in [0.2, 0.25) is 0 Å². The van der Waals surface area contributed by atoms with Crippen molar-refractivity contribution in [3.63, 3.8) is 0 Å². The molecule has 0 saturated heterocycles. The molecule has 0 amide bonds. The molecule has 6 nitrogen and oxygen atoms in total. The van der Waals surface area contributed by atoms with Crippen LogP contribution in [0.3, 0.4) is 0 Å². The highest BCUT2D eigenvalue weighted by Gasteiger charge is 2.10. The summed E-state index contributed by atoms with van der Waals surface area (Å²) in [7, 11) is 0. The molecule has 1 aromatic rings. The number of hydrogen-bond donors (Lipinski definition) is 1. The van der Waals surface area contributed by atoms with Crippen molar-refractivity contribution in [2.45, 2.75) is 0 Å². The Morgan fingerprint density at radius 3 is 2.77 bits per heavy atom. The Labute approximate surface area is 72.5 Å². The van der Waals surface area contributed by atoms with E-state index >= 15 is 0 Å². The number of hydrogen-bond acceptors (Lipinski definition) is 5. The van der Waals surface area contributed by atoms with E-state index in [1.165, 1.54) is 18.2 Å². The lowest BCUT2D eigenvalue weighted by atomic mass is 10.2. The molecule has 6 heteroatoms. The Morgan fingerprint density at radius 2 is 2.23 bits per heavy atom. The summed E-state index contributed by atoms with van der Waals surface area (Å²) in [6, 6.07) is 5.09. The normalized spacial score (nSPS) is 9.23. The van der Waals surface area contributed by atoms with E-state index in [1.54, 1.807) is 0 Å². The molecule has 68 valence electrons. The molecule has 0 spiro atoms. The van der Waals surface area contributed by atoms with Crippen molar-refractivity contribution in [2.75, 3.05) is 0 Å². The molecule has 0 unspecified atom stereocenters. The lowest BCUT2D eigenvalue weighted by molar-refractivity contribution is -0.727. The molecule has 0 bridgehead atoms. The molecule has 0 saturated carbocycles. The van der Waals surface area contributed by atoms with Crippen LogP contribution in [0.1, 0.15) is 10.4 Å². The van der Waals surface area contributed by atoms with E-state index in [-0.39, 0.29) is 11.3 Å². The van der Waals surface area contributed by atoms with Crippen LogP contribution in [0.25, 0.3) is 0 Å². The summed E-state index contributed by atoms with van der Waals surface area (Å²) < 4.78 is 0. The van der Waals surface area contributed by atoms with E-state index in [2.05, 4.69) is 4.84 Å². The van der Waals surface area contributed by atoms with Crippen molar-refractivity contribution in [1.82, 2.24) is 0 Å². The summed E-state index contributed by atoms with van der Waals surface area (Å²) in [5, 5.41) is 17.5. The van der Waals surface area contributed by atoms with Gasteiger partial charge >= 0.3 is 11.1 Å². The molecule has 0 heterocycles. The zero-order chi connectivity index (χ0) is 9.84. The van der Waals surface area contributed by atoms with Crippen molar-refractivity contribution >= 4 is 5.97 Å². The lowest BCUT2D eigenvalue weighted by Crippen LogP contribution is -2.10. The third-order valence-corrected chi connectivity index (χ3v) is 1.24. The van der Waals surface area contributed by atoms with Gasteiger partial charge in [-0.25, -0.2) is 4.84 Å². The maximum Gasteiger partial charge on any atom is 0.334 e. The molecule has 0 aliphatic rings. The molecule has 0 radical (unpaired) electrons. The minimum atomic E-state index is -1.20. The summed E-state index contributed by atoms with van der Waals surface area (Å²) in [4.78, 5) is 24.3. The summed E-state index contributed by atoms with van der Waals surface area (Å²) >= 11 is 0. The van der Waals surface area contributed by atoms with Crippen molar-refractivity contribution in [3.05, 3.63) is 39.9 Å². The van der Waals surface area contributed by atoms with Crippen molar-refractivity contribution in [1.29, 1.82) is 0 Å². The smallest absolute Gasteiger partial charge is 0.334 e. The lowest BCUT2D eigenvalue weighted by Gasteiger charge is -1.97. The van der Waals surface area contributed by atoms with Crippen LogP contribution in [0.4, 0.5) is 0 Å². The van der Waals surface area contributed by atoms with Gasteiger partial charge in [0.2, 0.25) is 0 Å². The fraction of sp³-hybridized carbons (Fsp3) is 0. The molecular formula is C7H5NO5. The van der Waals surface area contributed by atoms with Crippen molar-refractivity contribution < 1.29 is 19.8 Å². The third-order valence-electron chi connectivity index (χ3n) is 1.24. The summed E-state index contributed by atoms with van der Waals surface area (Å²) in [5.74, 6) is -1.27. The fourth-order valence-corrected chi connectivity index (χ4v) is 0.753. The minimum absolute atomic E-state index is 0.0725. The van der Waals surface area contributed by atoms with Gasteiger partial charge in [0.05, 0.1) is 0 Å². The van der Waals surface area contributed by atoms with Crippen LogP contribution in [0.5, 0.6) is 5.75 Å². The fourth-order valence-electron chi connectivity index (χ4n) is 0.753. The second kappa shape index (κ2) is 3.53. The van der Waals surface area contributed by atoms with Crippen LogP contribution < -0.4 is 0 Å². The van der Waals surface area contributed by atoms with E-state index < -0.39 is 11.1 Å². The van der Waals surface area contributed by atoms with Crippen molar-refractivity contribution in [2.24, 2.45) is 0 Å². The van der Waals surface area contributed by atoms with Crippen molar-refractivity contribution in [3.8, 4) is 5.75 Å². The zero-order valence-corrected chi connectivity index (χ0v) is 6.34. The Hall–Kier alpha value is -2.11. The SMILES string of the molecule is O=C(O[N+](=O)[O-])c1cccc(O)c1. The number of nitrogens with zero attached hydrogens (tertiary/aromatic N) is 1. The molecule has 1 rings (SSSR count). The second-order valence-electron chi connectivity index (χ2n) is 2.15. The van der Waals surface area contributed by atoms with Gasteiger partial charge in [-0.3, -0.25) is 4.79 Å². The van der Waals surface area contributed by atoms with Crippen LogP contribution >= 0.6 is 0 Å². The topological polar surface area (TPSA) is 89.7 Å². The number of aromatic hydroxyl groups is 1. The number of rotatable bonds is 2. The number of benzene rings is 1. The molecule has 0 aliphatic heterocycles. The Morgan fingerprint density at radius 1 is 1.54 bits per heavy atom. The predicted octanol–water partition coefficient (Wildman–Crippen LogP) is 0.741. The van der Waals surface area contributed by atoms with Gasteiger partial charge in [0, 0.05) is 5.56 Å². The van der Waals surface area contributed by atoms with E-state index in [0.29, 0.717) is 0 Å². The van der Waals surface area contributed by atoms with Gasteiger partial charge in [-0.05, 0) is 18.2 Å². The first-order valence-corrected chi connectivity index (χ1v) is 3.25. The van der Waals surface area contributed by atoms with Gasteiger partial charge < -0.3 is 5.11 Å². The van der Waals surface area contributed by atoms with E-state index in [4.69, 9.17) is 5.11 Å². The molecule has 0 atom stereocenters. The summed E-state index contributed by atoms with van der Waals surface area (Å²) in [6.45, 7) is 0. The van der Waals surface area contributed by atoms with Gasteiger partial charge in [0.25, 0.3) is 0 Å². The quantitative estimate of drug-likeness (QED) is 0.539. The molecule has 13 heavy (non-hydrogen) atoms. The molecule has 1 N–H and O–H groups in total. The standard InChI is InChI=1S/C7H5NO5/c9-6-3-1-2-5(4-6)7(10)13-8(11)12/h1-4,9H. The van der Waals surface area contributed by atoms with E-state index in [0.717, 1.165) is 6.07 Å². The molecular weight excluding hydrogens is 178 g/mol. The first-order chi connectivity index (χ1) is 6.09. The monoisotopic (exact) mass is 183 g/mol. The summed E-state index contributed by atoms with van der Waals surface area (Å²) in [5.41, 5.74) is -0.0725. The maximum absolute atomic E-state index is 10.8. The molecule has 0 aliphatic carbocycles. The third kappa shape index (κ3) is 2.44. The first-order valence-electron chi connectivity index (χ1n) is 3.25. The number of phenolic OH excluding ortho intramolecular Hbond substituents is 1. The average molecular weight is 183 g/mol. The molecule has 1 aromatic carbocycles. The Balaban J connectivity index is 2.83. The van der Waals surface area contributed by atoms with Gasteiger partial charge in [0.1, 0.15) is 5.75 Å². The van der Waals surface area contributed by atoms with Gasteiger partial charge in [-0.1, -0.05) is 6.07 Å². The maximum atomic E-state index is 10.8. The van der Waals surface area contributed by atoms with Crippen LogP contribution in [0, 0.1) is 10.1 Å². The van der Waals surface area contributed by atoms with Gasteiger partial charge in [-0.2, -0.15) is 0 Å². The highest BCUT2D eigenvalue weighted by Crippen LogP contribution is 2.11. The Bertz CT molecular complexity index is 348. The number of carbonyl (C=O) groups excluding carboxylic acids is 1. The molecule has 0 aromatic heterocycles. The van der Waals surface area contributed by atoms with E-state index in [9.17, 15) is 14.9 Å². The van der Waals surface area contributed by atoms with E-state index in [1.807, 2.05) is 0 Å². The molecule has 0 fully saturated rings. The van der Waals surface area contributed by atoms with Crippen LogP contribution in [0.15, 0.2) is 24.3 Å². The Kier molecular flexibility index (Phi) is 2.44. The number of phenols is 1. The second-order valence-corrected chi connectivity index (χ2v) is 2.15. The van der Waals surface area contributed by atoms with Crippen LogP contribution in [-0.4, -0.2) is 16.2 Å². The largest absolute Gasteiger partial charge is 0.508 e. The van der Waals surface area contributed by atoms with Gasteiger partial charge in [0.15, 0.2) is 0 Å². The number of carbonyl (C=O) groups is 1. The predicted molar refractivity (Wildman–Crippen MR) is 40.5 cm³/mol. The minimum Gasteiger partial charge on any atom is -0.508 e. The first kappa shape index (κ1) is 8.98. The zero-order valence-electron chi connectivity index (χ0n) is 6.34. The van der Waals surface area contributed by atoms with Gasteiger partial charge in [-0.15, -0.1) is 10.1 Å². The highest BCUT2D eigenvalue weighted by atomic mass is 17.0.